The van der Waals surface area contributed by atoms with Crippen LogP contribution < -0.4 is 10.1 Å². The molecule has 3 rings (SSSR count). The van der Waals surface area contributed by atoms with Crippen molar-refractivity contribution in [3.05, 3.63) is 59.4 Å². The van der Waals surface area contributed by atoms with Crippen LogP contribution in [0.2, 0.25) is 0 Å². The van der Waals surface area contributed by atoms with Gasteiger partial charge in [0.1, 0.15) is 11.3 Å². The molecule has 0 atom stereocenters. The van der Waals surface area contributed by atoms with E-state index in [-0.39, 0.29) is 5.91 Å². The van der Waals surface area contributed by atoms with Crippen molar-refractivity contribution >= 4 is 22.6 Å². The summed E-state index contributed by atoms with van der Waals surface area (Å²) >= 11 is 0. The lowest BCUT2D eigenvalue weighted by molar-refractivity contribution is 0.0998. The summed E-state index contributed by atoms with van der Waals surface area (Å²) < 4.78 is 10.9. The molecular weight excluding hydrogens is 290 g/mol. The number of hydrogen-bond acceptors (Lipinski definition) is 3. The van der Waals surface area contributed by atoms with E-state index in [9.17, 15) is 4.79 Å². The first-order chi connectivity index (χ1) is 11.1. The van der Waals surface area contributed by atoms with Crippen LogP contribution in [0, 0.1) is 6.92 Å². The molecule has 0 bridgehead atoms. The van der Waals surface area contributed by atoms with Crippen molar-refractivity contribution in [2.75, 3.05) is 12.4 Å². The zero-order valence-corrected chi connectivity index (χ0v) is 13.5. The van der Waals surface area contributed by atoms with Crippen LogP contribution in [-0.4, -0.2) is 13.0 Å². The second-order valence-electron chi connectivity index (χ2n) is 5.42. The summed E-state index contributed by atoms with van der Waals surface area (Å²) in [4.78, 5) is 12.5. The summed E-state index contributed by atoms with van der Waals surface area (Å²) in [5, 5.41) is 3.76. The van der Waals surface area contributed by atoms with E-state index in [1.54, 1.807) is 7.11 Å². The average molecular weight is 309 g/mol. The minimum Gasteiger partial charge on any atom is -0.497 e. The summed E-state index contributed by atoms with van der Waals surface area (Å²) in [5.74, 6) is 0.818. The number of carbonyl (C=O) groups is 1. The van der Waals surface area contributed by atoms with Crippen LogP contribution in [0.3, 0.4) is 0 Å². The Morgan fingerprint density at radius 2 is 1.91 bits per heavy atom. The number of nitrogens with one attached hydrogen (secondary N) is 1. The zero-order chi connectivity index (χ0) is 16.4. The summed E-state index contributed by atoms with van der Waals surface area (Å²) in [7, 11) is 1.62. The van der Waals surface area contributed by atoms with Crippen molar-refractivity contribution in [2.24, 2.45) is 0 Å². The van der Waals surface area contributed by atoms with Gasteiger partial charge in [-0.3, -0.25) is 4.79 Å². The van der Waals surface area contributed by atoms with Crippen molar-refractivity contribution in [1.82, 2.24) is 0 Å². The van der Waals surface area contributed by atoms with Crippen molar-refractivity contribution in [3.63, 3.8) is 0 Å². The molecule has 2 aromatic carbocycles. The highest BCUT2D eigenvalue weighted by Gasteiger charge is 2.18. The Morgan fingerprint density at radius 1 is 1.17 bits per heavy atom. The fourth-order valence-electron chi connectivity index (χ4n) is 2.56. The number of methoxy groups -OCH3 is 1. The highest BCUT2D eigenvalue weighted by Crippen LogP contribution is 2.29. The molecule has 0 aliphatic carbocycles. The van der Waals surface area contributed by atoms with E-state index in [4.69, 9.17) is 9.15 Å². The summed E-state index contributed by atoms with van der Waals surface area (Å²) in [6, 6.07) is 13.3. The van der Waals surface area contributed by atoms with E-state index in [1.165, 1.54) is 5.56 Å². The third-order valence-electron chi connectivity index (χ3n) is 3.97. The van der Waals surface area contributed by atoms with Crippen LogP contribution in [-0.2, 0) is 6.42 Å². The average Bonchev–Trinajstić information content (AvgIpc) is 2.92. The lowest BCUT2D eigenvalue weighted by Crippen LogP contribution is -2.12. The maximum atomic E-state index is 12.5. The fourth-order valence-corrected chi connectivity index (χ4v) is 2.56. The van der Waals surface area contributed by atoms with Gasteiger partial charge in [0.15, 0.2) is 5.76 Å². The number of rotatable bonds is 4. The van der Waals surface area contributed by atoms with Crippen molar-refractivity contribution in [1.29, 1.82) is 0 Å². The smallest absolute Gasteiger partial charge is 0.291 e. The number of aryl methyl sites for hydroxylation is 2. The molecule has 0 saturated carbocycles. The maximum absolute atomic E-state index is 12.5. The van der Waals surface area contributed by atoms with E-state index in [0.29, 0.717) is 11.3 Å². The van der Waals surface area contributed by atoms with Gasteiger partial charge in [0.2, 0.25) is 0 Å². The van der Waals surface area contributed by atoms with E-state index >= 15 is 0 Å². The molecular formula is C19H19NO3. The third-order valence-corrected chi connectivity index (χ3v) is 3.97. The Morgan fingerprint density at radius 3 is 2.57 bits per heavy atom. The summed E-state index contributed by atoms with van der Waals surface area (Å²) in [6.45, 7) is 3.97. The second-order valence-corrected chi connectivity index (χ2v) is 5.42. The van der Waals surface area contributed by atoms with Gasteiger partial charge >= 0.3 is 0 Å². The molecule has 1 heterocycles. The minimum atomic E-state index is -0.248. The van der Waals surface area contributed by atoms with Crippen LogP contribution in [0.15, 0.2) is 46.9 Å². The Kier molecular flexibility index (Phi) is 4.06. The standard InChI is InChI=1S/C19H19NO3/c1-4-13-5-7-14(8-6-13)20-19(21)18-12(2)16-11-15(22-3)9-10-17(16)23-18/h5-11H,4H2,1-3H3,(H,20,21). The first-order valence-electron chi connectivity index (χ1n) is 7.59. The number of furan rings is 1. The van der Waals surface area contributed by atoms with E-state index in [2.05, 4.69) is 12.2 Å². The quantitative estimate of drug-likeness (QED) is 0.768. The Labute approximate surface area is 135 Å². The Bertz CT molecular complexity index is 847. The predicted molar refractivity (Wildman–Crippen MR) is 91.3 cm³/mol. The van der Waals surface area contributed by atoms with Crippen LogP contribution in [0.5, 0.6) is 5.75 Å². The number of benzene rings is 2. The van der Waals surface area contributed by atoms with E-state index in [1.807, 2.05) is 49.4 Å². The first-order valence-corrected chi connectivity index (χ1v) is 7.59. The molecule has 4 heteroatoms. The number of fused-ring (bicyclic) bond motifs is 1. The van der Waals surface area contributed by atoms with Gasteiger partial charge < -0.3 is 14.5 Å². The summed E-state index contributed by atoms with van der Waals surface area (Å²) in [5.41, 5.74) is 3.47. The monoisotopic (exact) mass is 309 g/mol. The highest BCUT2D eigenvalue weighted by atomic mass is 16.5. The molecule has 1 aromatic heterocycles. The third kappa shape index (κ3) is 2.93. The molecule has 0 saturated heterocycles. The molecule has 0 aliphatic rings. The number of amides is 1. The van der Waals surface area contributed by atoms with Gasteiger partial charge in [-0.25, -0.2) is 0 Å². The van der Waals surface area contributed by atoms with Crippen LogP contribution in [0.4, 0.5) is 5.69 Å². The molecule has 3 aromatic rings. The molecule has 0 spiro atoms. The molecule has 4 nitrogen and oxygen atoms in total. The maximum Gasteiger partial charge on any atom is 0.291 e. The lowest BCUT2D eigenvalue weighted by Gasteiger charge is -2.04. The Hall–Kier alpha value is -2.75. The van der Waals surface area contributed by atoms with E-state index < -0.39 is 0 Å². The van der Waals surface area contributed by atoms with Gasteiger partial charge in [-0.15, -0.1) is 0 Å². The highest BCUT2D eigenvalue weighted by molar-refractivity contribution is 6.06. The van der Waals surface area contributed by atoms with Crippen LogP contribution in [0.1, 0.15) is 28.6 Å². The van der Waals surface area contributed by atoms with Crippen LogP contribution >= 0.6 is 0 Å². The van der Waals surface area contributed by atoms with Crippen molar-refractivity contribution < 1.29 is 13.9 Å². The largest absolute Gasteiger partial charge is 0.497 e. The van der Waals surface area contributed by atoms with Gasteiger partial charge in [0, 0.05) is 16.6 Å². The summed E-state index contributed by atoms with van der Waals surface area (Å²) in [6.07, 6.45) is 0.971. The molecule has 23 heavy (non-hydrogen) atoms. The first kappa shape index (κ1) is 15.2. The lowest BCUT2D eigenvalue weighted by atomic mass is 10.1. The normalized spacial score (nSPS) is 10.7. The minimum absolute atomic E-state index is 0.248. The molecule has 0 unspecified atom stereocenters. The predicted octanol–water partition coefficient (Wildman–Crippen LogP) is 4.56. The molecule has 1 N–H and O–H groups in total. The van der Waals surface area contributed by atoms with Crippen LogP contribution in [0.25, 0.3) is 11.0 Å². The Balaban J connectivity index is 1.89. The topological polar surface area (TPSA) is 51.5 Å². The number of anilines is 1. The molecule has 118 valence electrons. The van der Waals surface area contributed by atoms with Gasteiger partial charge in [0.05, 0.1) is 7.11 Å². The van der Waals surface area contributed by atoms with Gasteiger partial charge in [-0.2, -0.15) is 0 Å². The van der Waals surface area contributed by atoms with Gasteiger partial charge in [-0.1, -0.05) is 19.1 Å². The molecule has 0 radical (unpaired) electrons. The molecule has 0 fully saturated rings. The number of ether oxygens (including phenoxy) is 1. The van der Waals surface area contributed by atoms with Gasteiger partial charge in [-0.05, 0) is 49.2 Å². The second kappa shape index (κ2) is 6.16. The molecule has 1 amide bonds. The fraction of sp³-hybridized carbons (Fsp3) is 0.211. The number of hydrogen-bond donors (Lipinski definition) is 1. The zero-order valence-electron chi connectivity index (χ0n) is 13.5. The van der Waals surface area contributed by atoms with Crippen molar-refractivity contribution in [2.45, 2.75) is 20.3 Å². The molecule has 0 aliphatic heterocycles. The van der Waals surface area contributed by atoms with E-state index in [0.717, 1.165) is 28.8 Å². The number of carbonyl (C=O) groups excluding carboxylic acids is 1. The van der Waals surface area contributed by atoms with Crippen molar-refractivity contribution in [3.8, 4) is 5.75 Å². The SMILES string of the molecule is CCc1ccc(NC(=O)c2oc3ccc(OC)cc3c2C)cc1. The van der Waals surface area contributed by atoms with Gasteiger partial charge in [0.25, 0.3) is 5.91 Å².